The highest BCUT2D eigenvalue weighted by atomic mass is 16.6. The fourth-order valence-electron chi connectivity index (χ4n) is 2.51. The number of aromatic hydroxyl groups is 10. The van der Waals surface area contributed by atoms with E-state index in [1.807, 2.05) is 0 Å². The van der Waals surface area contributed by atoms with Crippen molar-refractivity contribution in [2.75, 3.05) is 13.2 Å². The lowest BCUT2D eigenvalue weighted by atomic mass is 10.2. The summed E-state index contributed by atoms with van der Waals surface area (Å²) in [7, 11) is 0. The molecule has 0 atom stereocenters. The van der Waals surface area contributed by atoms with E-state index in [1.165, 1.54) is 0 Å². The molecule has 18 nitrogen and oxygen atoms in total. The minimum atomic E-state index is -1.30. The Morgan fingerprint density at radius 3 is 1.29 bits per heavy atom. The van der Waals surface area contributed by atoms with Crippen LogP contribution in [0.1, 0.15) is 0 Å². The molecule has 0 saturated heterocycles. The molecular formula is C20H17N3O15. The van der Waals surface area contributed by atoms with Gasteiger partial charge in [-0.3, -0.25) is 0 Å². The highest BCUT2D eigenvalue weighted by Crippen LogP contribution is 2.57. The number of ether oxygens (including phenoxy) is 4. The Kier molecular flexibility index (Phi) is 7.27. The Morgan fingerprint density at radius 2 is 0.921 bits per heavy atom. The van der Waals surface area contributed by atoms with E-state index in [0.717, 1.165) is 6.08 Å². The van der Waals surface area contributed by atoms with Crippen molar-refractivity contribution >= 4 is 5.97 Å². The Morgan fingerprint density at radius 1 is 0.579 bits per heavy atom. The summed E-state index contributed by atoms with van der Waals surface area (Å²) < 4.78 is 19.9. The molecule has 3 aromatic rings. The van der Waals surface area contributed by atoms with Crippen LogP contribution in [0.15, 0.2) is 12.7 Å². The van der Waals surface area contributed by atoms with Gasteiger partial charge in [0.25, 0.3) is 0 Å². The Hall–Kier alpha value is -5.94. The molecule has 18 heteroatoms. The van der Waals surface area contributed by atoms with Gasteiger partial charge in [0, 0.05) is 6.08 Å². The summed E-state index contributed by atoms with van der Waals surface area (Å²) in [6.45, 7) is 2.47. The molecule has 0 aliphatic heterocycles. The average molecular weight is 539 g/mol. The first-order valence-electron chi connectivity index (χ1n) is 9.78. The third-order valence-corrected chi connectivity index (χ3v) is 4.34. The van der Waals surface area contributed by atoms with E-state index in [4.69, 9.17) is 18.9 Å². The van der Waals surface area contributed by atoms with Gasteiger partial charge in [-0.2, -0.15) is 0 Å². The van der Waals surface area contributed by atoms with Crippen molar-refractivity contribution in [2.45, 2.75) is 0 Å². The number of aromatic nitrogens is 3. The van der Waals surface area contributed by atoms with Gasteiger partial charge in [-0.05, 0) is 0 Å². The molecule has 0 aliphatic carbocycles. The summed E-state index contributed by atoms with van der Waals surface area (Å²) >= 11 is 0. The zero-order valence-electron chi connectivity index (χ0n) is 18.6. The lowest BCUT2D eigenvalue weighted by Gasteiger charge is -2.14. The van der Waals surface area contributed by atoms with E-state index in [-0.39, 0.29) is 6.61 Å². The lowest BCUT2D eigenvalue weighted by molar-refractivity contribution is -0.138. The van der Waals surface area contributed by atoms with Crippen molar-refractivity contribution in [3.8, 4) is 87.0 Å². The van der Waals surface area contributed by atoms with Gasteiger partial charge in [-0.25, -0.2) is 4.79 Å². The zero-order chi connectivity index (χ0) is 28.3. The molecule has 202 valence electrons. The largest absolute Gasteiger partial charge is 0.502 e. The molecule has 1 heterocycles. The van der Waals surface area contributed by atoms with Crippen molar-refractivity contribution in [2.24, 2.45) is 0 Å². The SMILES string of the molecule is C=CC(=O)OCCOc1nc(Oc2c(O)c(O)c(O)c(O)c2O)nc(Oc2c(O)c(O)c(O)c(O)c2O)n1. The molecular weight excluding hydrogens is 522 g/mol. The smallest absolute Gasteiger partial charge is 0.331 e. The molecule has 0 aliphatic rings. The number of carbonyl (C=O) groups is 1. The molecule has 0 fully saturated rings. The van der Waals surface area contributed by atoms with Crippen molar-refractivity contribution in [1.29, 1.82) is 0 Å². The predicted octanol–water partition coefficient (Wildman–Crippen LogP) is 0.620. The molecule has 0 bridgehead atoms. The van der Waals surface area contributed by atoms with Crippen LogP contribution < -0.4 is 14.2 Å². The quantitative estimate of drug-likeness (QED) is 0.0585. The number of carbonyl (C=O) groups excluding carboxylic acids is 1. The fourth-order valence-corrected chi connectivity index (χ4v) is 2.51. The molecule has 0 unspecified atom stereocenters. The second kappa shape index (κ2) is 10.4. The van der Waals surface area contributed by atoms with E-state index < -0.39 is 99.6 Å². The molecule has 38 heavy (non-hydrogen) atoms. The third-order valence-electron chi connectivity index (χ3n) is 4.34. The molecule has 0 amide bonds. The van der Waals surface area contributed by atoms with Crippen LogP contribution in [-0.4, -0.2) is 85.2 Å². The summed E-state index contributed by atoms with van der Waals surface area (Å²) in [4.78, 5) is 22.0. The first kappa shape index (κ1) is 26.7. The van der Waals surface area contributed by atoms with Crippen LogP contribution >= 0.6 is 0 Å². The van der Waals surface area contributed by atoms with E-state index in [1.54, 1.807) is 0 Å². The average Bonchev–Trinajstić information content (AvgIpc) is 2.91. The molecule has 0 saturated carbocycles. The normalized spacial score (nSPS) is 10.5. The molecule has 1 aromatic heterocycles. The highest BCUT2D eigenvalue weighted by Gasteiger charge is 2.28. The van der Waals surface area contributed by atoms with Crippen molar-refractivity contribution < 1.29 is 74.8 Å². The minimum Gasteiger partial charge on any atom is -0.502 e. The monoisotopic (exact) mass is 539 g/mol. The van der Waals surface area contributed by atoms with E-state index in [0.29, 0.717) is 0 Å². The predicted molar refractivity (Wildman–Crippen MR) is 116 cm³/mol. The number of hydrogen-bond donors (Lipinski definition) is 10. The molecule has 0 spiro atoms. The Labute approximate surface area is 209 Å². The number of nitrogens with zero attached hydrogens (tertiary/aromatic N) is 3. The number of phenolic OH excluding ortho intramolecular Hbond substituents is 10. The second-order valence-corrected chi connectivity index (χ2v) is 6.75. The summed E-state index contributed by atoms with van der Waals surface area (Å²) in [5.74, 6) is -15.8. The standard InChI is InChI=1S/C20H17N3O15/c1-2-5(24)35-3-4-36-18-21-19(37-16-12(31)8(27)6(25)9(28)13(16)32)23-20(22-18)38-17-14(33)10(29)7(26)11(30)15(17)34/h2,25-34H,1,3-4H2. The van der Waals surface area contributed by atoms with Gasteiger partial charge in [0.15, 0.2) is 0 Å². The Bertz CT molecular complexity index is 1280. The van der Waals surface area contributed by atoms with Crippen LogP contribution in [0.25, 0.3) is 0 Å². The van der Waals surface area contributed by atoms with Gasteiger partial charge < -0.3 is 70.0 Å². The number of esters is 1. The van der Waals surface area contributed by atoms with Crippen LogP contribution in [0.2, 0.25) is 0 Å². The van der Waals surface area contributed by atoms with Crippen LogP contribution in [-0.2, 0) is 9.53 Å². The van der Waals surface area contributed by atoms with Gasteiger partial charge in [0.05, 0.1) is 0 Å². The van der Waals surface area contributed by atoms with E-state index in [9.17, 15) is 55.9 Å². The van der Waals surface area contributed by atoms with E-state index >= 15 is 0 Å². The van der Waals surface area contributed by atoms with Crippen molar-refractivity contribution in [3.63, 3.8) is 0 Å². The summed E-state index contributed by atoms with van der Waals surface area (Å²) in [6, 6.07) is -2.53. The van der Waals surface area contributed by atoms with Crippen LogP contribution in [0, 0.1) is 0 Å². The number of hydrogen-bond acceptors (Lipinski definition) is 18. The lowest BCUT2D eigenvalue weighted by Crippen LogP contribution is -2.12. The summed E-state index contributed by atoms with van der Waals surface area (Å²) in [5, 5.41) is 97.7. The first-order valence-corrected chi connectivity index (χ1v) is 9.78. The summed E-state index contributed by atoms with van der Waals surface area (Å²) in [5.41, 5.74) is 0. The highest BCUT2D eigenvalue weighted by molar-refractivity contribution is 5.81. The van der Waals surface area contributed by atoms with Gasteiger partial charge in [0.2, 0.25) is 69.0 Å². The Balaban J connectivity index is 2.04. The summed E-state index contributed by atoms with van der Waals surface area (Å²) in [6.07, 6.45) is 0.879. The number of phenols is 10. The maximum Gasteiger partial charge on any atom is 0.331 e. The first-order chi connectivity index (χ1) is 17.9. The number of benzene rings is 2. The third kappa shape index (κ3) is 5.03. The zero-order valence-corrected chi connectivity index (χ0v) is 18.6. The van der Waals surface area contributed by atoms with Crippen LogP contribution in [0.4, 0.5) is 0 Å². The molecule has 2 aromatic carbocycles. The number of rotatable bonds is 9. The van der Waals surface area contributed by atoms with Gasteiger partial charge >= 0.3 is 24.0 Å². The molecule has 10 N–H and O–H groups in total. The maximum absolute atomic E-state index is 11.1. The van der Waals surface area contributed by atoms with Gasteiger partial charge in [-0.15, -0.1) is 15.0 Å². The minimum absolute atomic E-state index is 0.342. The van der Waals surface area contributed by atoms with Crippen molar-refractivity contribution in [1.82, 2.24) is 15.0 Å². The van der Waals surface area contributed by atoms with Crippen molar-refractivity contribution in [3.05, 3.63) is 12.7 Å². The molecule has 0 radical (unpaired) electrons. The van der Waals surface area contributed by atoms with Crippen LogP contribution in [0.3, 0.4) is 0 Å². The fraction of sp³-hybridized carbons (Fsp3) is 0.100. The second-order valence-electron chi connectivity index (χ2n) is 6.75. The van der Waals surface area contributed by atoms with Crippen LogP contribution in [0.5, 0.6) is 87.0 Å². The molecule has 3 rings (SSSR count). The topological polar surface area (TPSA) is 295 Å². The maximum atomic E-state index is 11.1. The van der Waals surface area contributed by atoms with E-state index in [2.05, 4.69) is 21.5 Å². The van der Waals surface area contributed by atoms with Gasteiger partial charge in [-0.1, -0.05) is 6.58 Å². The van der Waals surface area contributed by atoms with Gasteiger partial charge in [0.1, 0.15) is 13.2 Å².